The molecule has 1 atom stereocenters. The van der Waals surface area contributed by atoms with Gasteiger partial charge in [-0.15, -0.1) is 0 Å². The Morgan fingerprint density at radius 3 is 2.44 bits per heavy atom. The fraction of sp³-hybridized carbons (Fsp3) is 0.500. The first kappa shape index (κ1) is 14.9. The molecule has 0 heterocycles. The van der Waals surface area contributed by atoms with Gasteiger partial charge in [-0.3, -0.25) is 0 Å². The van der Waals surface area contributed by atoms with E-state index in [0.29, 0.717) is 5.69 Å². The summed E-state index contributed by atoms with van der Waals surface area (Å²) < 4.78 is 26.7. The van der Waals surface area contributed by atoms with E-state index in [1.807, 2.05) is 20.8 Å². The molecule has 6 heteroatoms. The minimum absolute atomic E-state index is 0.00701. The Balaban J connectivity index is 3.02. The zero-order chi connectivity index (χ0) is 13.9. The van der Waals surface area contributed by atoms with Gasteiger partial charge >= 0.3 is 0 Å². The largest absolute Gasteiger partial charge is 0.398 e. The lowest BCUT2D eigenvalue weighted by molar-refractivity contribution is 0.227. The zero-order valence-corrected chi connectivity index (χ0v) is 11.7. The van der Waals surface area contributed by atoms with Crippen molar-refractivity contribution in [1.82, 2.24) is 4.72 Å². The number of aryl methyl sites for hydroxylation is 1. The van der Waals surface area contributed by atoms with Crippen molar-refractivity contribution in [2.24, 2.45) is 5.92 Å². The first-order valence-corrected chi connectivity index (χ1v) is 7.25. The van der Waals surface area contributed by atoms with Crippen LogP contribution in [0.2, 0.25) is 0 Å². The van der Waals surface area contributed by atoms with Crippen molar-refractivity contribution in [3.05, 3.63) is 23.8 Å². The predicted octanol–water partition coefficient (Wildman–Crippen LogP) is 0.872. The molecule has 5 nitrogen and oxygen atoms in total. The fourth-order valence-electron chi connectivity index (χ4n) is 1.44. The number of anilines is 1. The van der Waals surface area contributed by atoms with Gasteiger partial charge < -0.3 is 10.8 Å². The van der Waals surface area contributed by atoms with E-state index in [1.54, 1.807) is 6.07 Å². The van der Waals surface area contributed by atoms with Gasteiger partial charge in [0.2, 0.25) is 10.0 Å². The molecular formula is C12H20N2O3S. The molecule has 0 amide bonds. The van der Waals surface area contributed by atoms with E-state index in [-0.39, 0.29) is 17.4 Å². The fourth-order valence-corrected chi connectivity index (χ4v) is 2.85. The van der Waals surface area contributed by atoms with Crippen LogP contribution in [0.15, 0.2) is 23.1 Å². The molecule has 4 N–H and O–H groups in total. The Morgan fingerprint density at radius 1 is 1.39 bits per heavy atom. The van der Waals surface area contributed by atoms with E-state index in [0.717, 1.165) is 5.56 Å². The predicted molar refractivity (Wildman–Crippen MR) is 71.6 cm³/mol. The number of benzene rings is 1. The molecule has 0 unspecified atom stereocenters. The summed E-state index contributed by atoms with van der Waals surface area (Å²) in [5, 5.41) is 9.15. The molecule has 0 radical (unpaired) electrons. The van der Waals surface area contributed by atoms with E-state index in [2.05, 4.69) is 4.72 Å². The molecule has 0 spiro atoms. The van der Waals surface area contributed by atoms with Crippen molar-refractivity contribution < 1.29 is 13.5 Å². The first-order chi connectivity index (χ1) is 8.27. The summed E-state index contributed by atoms with van der Waals surface area (Å²) in [7, 11) is -3.65. The van der Waals surface area contributed by atoms with Crippen LogP contribution in [0.3, 0.4) is 0 Å². The molecule has 0 aliphatic rings. The number of rotatable bonds is 5. The Morgan fingerprint density at radius 2 is 2.00 bits per heavy atom. The standard InChI is InChI=1S/C12H20N2O3S/c1-8(2)12(7-15)14-18(16,17)10-5-4-9(3)11(13)6-10/h4-6,8,12,14-15H,7,13H2,1-3H3/t12-/m1/s1. The quantitative estimate of drug-likeness (QED) is 0.694. The highest BCUT2D eigenvalue weighted by Crippen LogP contribution is 2.18. The van der Waals surface area contributed by atoms with Gasteiger partial charge in [0, 0.05) is 11.7 Å². The van der Waals surface area contributed by atoms with Crippen LogP contribution in [0, 0.1) is 12.8 Å². The summed E-state index contributed by atoms with van der Waals surface area (Å²) in [5.74, 6) is 0.00701. The summed E-state index contributed by atoms with van der Waals surface area (Å²) in [5.41, 5.74) is 6.96. The smallest absolute Gasteiger partial charge is 0.240 e. The van der Waals surface area contributed by atoms with Gasteiger partial charge in [0.15, 0.2) is 0 Å². The van der Waals surface area contributed by atoms with Crippen molar-refractivity contribution in [1.29, 1.82) is 0 Å². The molecule has 1 aromatic rings. The molecule has 1 aromatic carbocycles. The molecular weight excluding hydrogens is 252 g/mol. The van der Waals surface area contributed by atoms with Gasteiger partial charge in [0.1, 0.15) is 0 Å². The van der Waals surface area contributed by atoms with Crippen LogP contribution in [0.1, 0.15) is 19.4 Å². The Labute approximate surface area is 108 Å². The van der Waals surface area contributed by atoms with Gasteiger partial charge in [0.05, 0.1) is 11.5 Å². The highest BCUT2D eigenvalue weighted by atomic mass is 32.2. The summed E-state index contributed by atoms with van der Waals surface area (Å²) >= 11 is 0. The van der Waals surface area contributed by atoms with E-state index in [9.17, 15) is 8.42 Å². The minimum Gasteiger partial charge on any atom is -0.398 e. The number of aliphatic hydroxyl groups excluding tert-OH is 1. The van der Waals surface area contributed by atoms with Gasteiger partial charge in [-0.05, 0) is 30.5 Å². The van der Waals surface area contributed by atoms with Crippen LogP contribution < -0.4 is 10.5 Å². The molecule has 0 aromatic heterocycles. The third-order valence-corrected chi connectivity index (χ3v) is 4.36. The van der Waals surface area contributed by atoms with Crippen LogP contribution in [0.5, 0.6) is 0 Å². The summed E-state index contributed by atoms with van der Waals surface area (Å²) in [6.45, 7) is 5.25. The molecule has 0 fully saturated rings. The summed E-state index contributed by atoms with van der Waals surface area (Å²) in [4.78, 5) is 0.115. The molecule has 1 rings (SSSR count). The SMILES string of the molecule is Cc1ccc(S(=O)(=O)N[C@H](CO)C(C)C)cc1N. The van der Waals surface area contributed by atoms with E-state index < -0.39 is 16.1 Å². The van der Waals surface area contributed by atoms with Crippen LogP contribution in [0.25, 0.3) is 0 Å². The van der Waals surface area contributed by atoms with E-state index >= 15 is 0 Å². The molecule has 18 heavy (non-hydrogen) atoms. The lowest BCUT2D eigenvalue weighted by Gasteiger charge is -2.20. The van der Waals surface area contributed by atoms with Crippen LogP contribution in [-0.4, -0.2) is 26.2 Å². The van der Waals surface area contributed by atoms with Gasteiger partial charge in [-0.2, -0.15) is 0 Å². The second kappa shape index (κ2) is 5.69. The number of sulfonamides is 1. The number of aliphatic hydroxyl groups is 1. The summed E-state index contributed by atoms with van der Waals surface area (Å²) in [6, 6.07) is 4.08. The van der Waals surface area contributed by atoms with Gasteiger partial charge in [-0.1, -0.05) is 19.9 Å². The third kappa shape index (κ3) is 3.44. The lowest BCUT2D eigenvalue weighted by atomic mass is 10.1. The van der Waals surface area contributed by atoms with Gasteiger partial charge in [0.25, 0.3) is 0 Å². The molecule has 0 saturated heterocycles. The zero-order valence-electron chi connectivity index (χ0n) is 10.8. The van der Waals surface area contributed by atoms with Gasteiger partial charge in [-0.25, -0.2) is 13.1 Å². The number of nitrogens with two attached hydrogens (primary N) is 1. The van der Waals surface area contributed by atoms with Crippen molar-refractivity contribution >= 4 is 15.7 Å². The van der Waals surface area contributed by atoms with E-state index in [4.69, 9.17) is 10.8 Å². The molecule has 0 bridgehead atoms. The Bertz CT molecular complexity index is 512. The second-order valence-corrected chi connectivity index (χ2v) is 6.39. The monoisotopic (exact) mass is 272 g/mol. The number of hydrogen-bond acceptors (Lipinski definition) is 4. The average Bonchev–Trinajstić information content (AvgIpc) is 2.29. The Kier molecular flexibility index (Phi) is 4.72. The van der Waals surface area contributed by atoms with Crippen molar-refractivity contribution in [3.63, 3.8) is 0 Å². The average molecular weight is 272 g/mol. The van der Waals surface area contributed by atoms with Crippen molar-refractivity contribution in [3.8, 4) is 0 Å². The van der Waals surface area contributed by atoms with Crippen LogP contribution in [0.4, 0.5) is 5.69 Å². The summed E-state index contributed by atoms with van der Waals surface area (Å²) in [6.07, 6.45) is 0. The number of nitrogens with one attached hydrogen (secondary N) is 1. The second-order valence-electron chi connectivity index (χ2n) is 4.67. The number of nitrogen functional groups attached to an aromatic ring is 1. The highest BCUT2D eigenvalue weighted by molar-refractivity contribution is 7.89. The molecule has 0 saturated carbocycles. The normalized spacial score (nSPS) is 13.8. The first-order valence-electron chi connectivity index (χ1n) is 5.77. The topological polar surface area (TPSA) is 92.4 Å². The maximum Gasteiger partial charge on any atom is 0.240 e. The Hall–Kier alpha value is -1.11. The van der Waals surface area contributed by atoms with E-state index in [1.165, 1.54) is 12.1 Å². The number of hydrogen-bond donors (Lipinski definition) is 3. The lowest BCUT2D eigenvalue weighted by Crippen LogP contribution is -2.41. The highest BCUT2D eigenvalue weighted by Gasteiger charge is 2.22. The maximum atomic E-state index is 12.1. The third-order valence-electron chi connectivity index (χ3n) is 2.87. The molecule has 0 aliphatic carbocycles. The van der Waals surface area contributed by atoms with Crippen LogP contribution in [-0.2, 0) is 10.0 Å². The minimum atomic E-state index is -3.65. The molecule has 102 valence electrons. The van der Waals surface area contributed by atoms with Crippen molar-refractivity contribution in [2.45, 2.75) is 31.7 Å². The molecule has 0 aliphatic heterocycles. The maximum absolute atomic E-state index is 12.1. The van der Waals surface area contributed by atoms with Crippen molar-refractivity contribution in [2.75, 3.05) is 12.3 Å². The van der Waals surface area contributed by atoms with Crippen LogP contribution >= 0.6 is 0 Å².